The lowest BCUT2D eigenvalue weighted by Crippen LogP contribution is -2.15. The van der Waals surface area contributed by atoms with Crippen LogP contribution in [-0.2, 0) is 9.53 Å². The predicted molar refractivity (Wildman–Crippen MR) is 95.1 cm³/mol. The molecule has 132 valence electrons. The molecule has 0 spiro atoms. The maximum absolute atomic E-state index is 13.2. The minimum atomic E-state index is -0.294. The number of rotatable bonds is 7. The Morgan fingerprint density at radius 3 is 2.48 bits per heavy atom. The summed E-state index contributed by atoms with van der Waals surface area (Å²) in [5.74, 6) is 0.520. The van der Waals surface area contributed by atoms with Gasteiger partial charge in [0, 0.05) is 0 Å². The zero-order valence-corrected chi connectivity index (χ0v) is 14.6. The molecule has 1 aliphatic rings. The van der Waals surface area contributed by atoms with Crippen molar-refractivity contribution in [1.82, 2.24) is 0 Å². The second-order valence-electron chi connectivity index (χ2n) is 6.49. The number of carbonyl (C=O) groups is 1. The predicted octanol–water partition coefficient (Wildman–Crippen LogP) is 4.95. The van der Waals surface area contributed by atoms with E-state index in [1.807, 2.05) is 25.1 Å². The molecule has 1 fully saturated rings. The number of ether oxygens (including phenoxy) is 2. The van der Waals surface area contributed by atoms with E-state index in [0.717, 1.165) is 23.1 Å². The second kappa shape index (κ2) is 7.68. The van der Waals surface area contributed by atoms with Gasteiger partial charge in [-0.1, -0.05) is 31.0 Å². The summed E-state index contributed by atoms with van der Waals surface area (Å²) in [4.78, 5) is 12.3. The van der Waals surface area contributed by atoms with Crippen molar-refractivity contribution >= 4 is 5.97 Å². The van der Waals surface area contributed by atoms with E-state index in [1.54, 1.807) is 12.1 Å². The number of carbonyl (C=O) groups excluding carboxylic acids is 1. The van der Waals surface area contributed by atoms with Gasteiger partial charge in [-0.3, -0.25) is 4.79 Å². The Kier molecular flexibility index (Phi) is 5.37. The van der Waals surface area contributed by atoms with Gasteiger partial charge >= 0.3 is 5.97 Å². The highest BCUT2D eigenvalue weighted by molar-refractivity contribution is 5.79. The summed E-state index contributed by atoms with van der Waals surface area (Å²) in [6.07, 6.45) is 3.14. The van der Waals surface area contributed by atoms with E-state index in [-0.39, 0.29) is 17.7 Å². The van der Waals surface area contributed by atoms with Crippen LogP contribution >= 0.6 is 0 Å². The van der Waals surface area contributed by atoms with E-state index in [4.69, 9.17) is 9.47 Å². The smallest absolute Gasteiger partial charge is 0.313 e. The lowest BCUT2D eigenvalue weighted by atomic mass is 9.90. The number of hydrogen-bond acceptors (Lipinski definition) is 3. The van der Waals surface area contributed by atoms with Crippen LogP contribution in [0.15, 0.2) is 42.5 Å². The van der Waals surface area contributed by atoms with E-state index in [9.17, 15) is 9.18 Å². The van der Waals surface area contributed by atoms with E-state index in [1.165, 1.54) is 32.1 Å². The SMILES string of the molecule is CCOc1cc(-c2ccc(F)cc2)cc(C(CC2CC2)C(=O)OC)c1. The summed E-state index contributed by atoms with van der Waals surface area (Å²) in [6, 6.07) is 12.2. The van der Waals surface area contributed by atoms with Crippen molar-refractivity contribution in [3.8, 4) is 16.9 Å². The molecule has 0 N–H and O–H groups in total. The highest BCUT2D eigenvalue weighted by Gasteiger charge is 2.31. The minimum Gasteiger partial charge on any atom is -0.494 e. The van der Waals surface area contributed by atoms with Crippen molar-refractivity contribution < 1.29 is 18.7 Å². The van der Waals surface area contributed by atoms with Crippen molar-refractivity contribution in [2.24, 2.45) is 5.92 Å². The highest BCUT2D eigenvalue weighted by Crippen LogP contribution is 2.40. The molecule has 1 unspecified atom stereocenters. The standard InChI is InChI=1S/C21H23FO3/c1-3-25-19-12-16(15-6-8-18(22)9-7-15)11-17(13-19)20(21(23)24-2)10-14-4-5-14/h6-9,11-14,20H,3-5,10H2,1-2H3. The number of methoxy groups -OCH3 is 1. The molecule has 1 atom stereocenters. The first-order chi connectivity index (χ1) is 12.1. The molecule has 2 aromatic rings. The number of halogens is 1. The van der Waals surface area contributed by atoms with Crippen LogP contribution in [-0.4, -0.2) is 19.7 Å². The second-order valence-corrected chi connectivity index (χ2v) is 6.49. The lowest BCUT2D eigenvalue weighted by Gasteiger charge is -2.18. The number of benzene rings is 2. The molecule has 25 heavy (non-hydrogen) atoms. The summed E-state index contributed by atoms with van der Waals surface area (Å²) < 4.78 is 23.9. The third kappa shape index (κ3) is 4.38. The van der Waals surface area contributed by atoms with E-state index < -0.39 is 0 Å². The molecule has 0 amide bonds. The summed E-state index contributed by atoms with van der Waals surface area (Å²) in [5, 5.41) is 0. The summed E-state index contributed by atoms with van der Waals surface area (Å²) in [5.41, 5.74) is 2.69. The fourth-order valence-electron chi connectivity index (χ4n) is 3.08. The van der Waals surface area contributed by atoms with Gasteiger partial charge in [-0.25, -0.2) is 4.39 Å². The number of hydrogen-bond donors (Lipinski definition) is 0. The molecule has 0 radical (unpaired) electrons. The van der Waals surface area contributed by atoms with Gasteiger partial charge in [0.05, 0.1) is 19.6 Å². The maximum Gasteiger partial charge on any atom is 0.313 e. The summed E-state index contributed by atoms with van der Waals surface area (Å²) in [7, 11) is 1.43. The average Bonchev–Trinajstić information content (AvgIpc) is 3.44. The zero-order chi connectivity index (χ0) is 17.8. The van der Waals surface area contributed by atoms with Crippen molar-refractivity contribution in [1.29, 1.82) is 0 Å². The molecule has 2 aromatic carbocycles. The van der Waals surface area contributed by atoms with Gasteiger partial charge in [0.2, 0.25) is 0 Å². The van der Waals surface area contributed by atoms with Crippen molar-refractivity contribution in [3.63, 3.8) is 0 Å². The molecule has 1 aliphatic carbocycles. The normalized spacial score (nSPS) is 14.8. The topological polar surface area (TPSA) is 35.5 Å². The molecule has 3 rings (SSSR count). The minimum absolute atomic E-state index is 0.217. The first kappa shape index (κ1) is 17.5. The van der Waals surface area contributed by atoms with Gasteiger partial charge in [-0.2, -0.15) is 0 Å². The first-order valence-corrected chi connectivity index (χ1v) is 8.72. The third-order valence-electron chi connectivity index (χ3n) is 4.57. The van der Waals surface area contributed by atoms with Crippen molar-refractivity contribution in [2.75, 3.05) is 13.7 Å². The van der Waals surface area contributed by atoms with Crippen LogP contribution in [0.3, 0.4) is 0 Å². The Labute approximate surface area is 147 Å². The van der Waals surface area contributed by atoms with Crippen LogP contribution in [0, 0.1) is 11.7 Å². The van der Waals surface area contributed by atoms with Crippen LogP contribution in [0.1, 0.15) is 37.7 Å². The molecule has 0 aromatic heterocycles. The van der Waals surface area contributed by atoms with E-state index in [2.05, 4.69) is 0 Å². The Hall–Kier alpha value is -2.36. The fraction of sp³-hybridized carbons (Fsp3) is 0.381. The quantitative estimate of drug-likeness (QED) is 0.668. The van der Waals surface area contributed by atoms with Crippen LogP contribution in [0.25, 0.3) is 11.1 Å². The monoisotopic (exact) mass is 342 g/mol. The number of esters is 1. The van der Waals surface area contributed by atoms with Gasteiger partial charge in [0.15, 0.2) is 0 Å². The van der Waals surface area contributed by atoms with Crippen molar-refractivity contribution in [2.45, 2.75) is 32.1 Å². The third-order valence-corrected chi connectivity index (χ3v) is 4.57. The highest BCUT2D eigenvalue weighted by atomic mass is 19.1. The lowest BCUT2D eigenvalue weighted by molar-refractivity contribution is -0.142. The molecule has 3 nitrogen and oxygen atoms in total. The Bertz CT molecular complexity index is 735. The molecule has 1 saturated carbocycles. The summed E-state index contributed by atoms with van der Waals surface area (Å²) in [6.45, 7) is 2.46. The molecular formula is C21H23FO3. The zero-order valence-electron chi connectivity index (χ0n) is 14.6. The van der Waals surface area contributed by atoms with Crippen LogP contribution in [0.4, 0.5) is 4.39 Å². The Balaban J connectivity index is 2.01. The largest absolute Gasteiger partial charge is 0.494 e. The van der Waals surface area contributed by atoms with Gasteiger partial charge in [-0.05, 0) is 60.2 Å². The fourth-order valence-corrected chi connectivity index (χ4v) is 3.08. The Morgan fingerprint density at radius 1 is 1.16 bits per heavy atom. The molecular weight excluding hydrogens is 319 g/mol. The molecule has 0 bridgehead atoms. The van der Waals surface area contributed by atoms with Crippen LogP contribution in [0.5, 0.6) is 5.75 Å². The summed E-state index contributed by atoms with van der Waals surface area (Å²) >= 11 is 0. The van der Waals surface area contributed by atoms with Crippen molar-refractivity contribution in [3.05, 3.63) is 53.8 Å². The molecule has 4 heteroatoms. The molecule has 0 saturated heterocycles. The Morgan fingerprint density at radius 2 is 1.88 bits per heavy atom. The first-order valence-electron chi connectivity index (χ1n) is 8.72. The van der Waals surface area contributed by atoms with E-state index >= 15 is 0 Å². The molecule has 0 aliphatic heterocycles. The van der Waals surface area contributed by atoms with Gasteiger partial charge in [-0.15, -0.1) is 0 Å². The van der Waals surface area contributed by atoms with Gasteiger partial charge in [0.1, 0.15) is 11.6 Å². The average molecular weight is 342 g/mol. The van der Waals surface area contributed by atoms with E-state index in [0.29, 0.717) is 18.3 Å². The van der Waals surface area contributed by atoms with Gasteiger partial charge < -0.3 is 9.47 Å². The van der Waals surface area contributed by atoms with Gasteiger partial charge in [0.25, 0.3) is 0 Å². The van der Waals surface area contributed by atoms with Crippen LogP contribution in [0.2, 0.25) is 0 Å². The maximum atomic E-state index is 13.2. The molecule has 0 heterocycles. The van der Waals surface area contributed by atoms with Crippen LogP contribution < -0.4 is 4.74 Å².